The van der Waals surface area contributed by atoms with Crippen LogP contribution >= 0.6 is 0 Å². The number of carbonyl (C=O) groups is 2. The molecule has 0 aliphatic heterocycles. The summed E-state index contributed by atoms with van der Waals surface area (Å²) in [5.74, 6) is -1.59. The van der Waals surface area contributed by atoms with Crippen LogP contribution in [0.1, 0.15) is 34.3 Å². The van der Waals surface area contributed by atoms with Crippen molar-refractivity contribution in [1.29, 1.82) is 0 Å². The molecule has 6 heteroatoms. The minimum absolute atomic E-state index is 0.0622. The van der Waals surface area contributed by atoms with E-state index in [4.69, 9.17) is 5.11 Å². The number of hydrogen-bond acceptors (Lipinski definition) is 3. The van der Waals surface area contributed by atoms with E-state index in [0.29, 0.717) is 13.1 Å². The van der Waals surface area contributed by atoms with Crippen molar-refractivity contribution in [3.05, 3.63) is 30.4 Å². The van der Waals surface area contributed by atoms with Crippen LogP contribution in [0.4, 0.5) is 0 Å². The van der Waals surface area contributed by atoms with Crippen LogP contribution in [-0.2, 0) is 0 Å². The highest BCUT2D eigenvalue weighted by atomic mass is 16.4. The molecule has 0 saturated heterocycles. The quantitative estimate of drug-likeness (QED) is 0.726. The molecule has 0 aromatic carbocycles. The molecule has 0 aliphatic carbocycles. The summed E-state index contributed by atoms with van der Waals surface area (Å²) >= 11 is 0. The number of aromatic amines is 1. The Balaban J connectivity index is 2.96. The molecular weight excluding hydrogens is 222 g/mol. The first-order chi connectivity index (χ1) is 8.11. The summed E-state index contributed by atoms with van der Waals surface area (Å²) in [7, 11) is 0. The van der Waals surface area contributed by atoms with Crippen LogP contribution in [0.25, 0.3) is 0 Å². The SMILES string of the molecule is C=CCN(CCC)C(=O)c1nc[nH]c1C(=O)O. The third-order valence-corrected chi connectivity index (χ3v) is 2.19. The van der Waals surface area contributed by atoms with E-state index in [-0.39, 0.29) is 11.4 Å². The zero-order valence-corrected chi connectivity index (χ0v) is 9.64. The molecule has 0 radical (unpaired) electrons. The van der Waals surface area contributed by atoms with Crippen molar-refractivity contribution in [3.63, 3.8) is 0 Å². The summed E-state index contributed by atoms with van der Waals surface area (Å²) < 4.78 is 0. The lowest BCUT2D eigenvalue weighted by molar-refractivity contribution is 0.0672. The van der Waals surface area contributed by atoms with Gasteiger partial charge in [0.2, 0.25) is 0 Å². The Hall–Kier alpha value is -2.11. The van der Waals surface area contributed by atoms with Crippen LogP contribution in [0.15, 0.2) is 19.0 Å². The fraction of sp³-hybridized carbons (Fsp3) is 0.364. The van der Waals surface area contributed by atoms with Gasteiger partial charge >= 0.3 is 5.97 Å². The first-order valence-corrected chi connectivity index (χ1v) is 5.28. The molecule has 0 atom stereocenters. The van der Waals surface area contributed by atoms with Gasteiger partial charge in [0, 0.05) is 13.1 Å². The van der Waals surface area contributed by atoms with E-state index >= 15 is 0 Å². The molecule has 0 aliphatic rings. The van der Waals surface area contributed by atoms with Gasteiger partial charge in [0.05, 0.1) is 6.33 Å². The van der Waals surface area contributed by atoms with Gasteiger partial charge in [-0.2, -0.15) is 0 Å². The first kappa shape index (κ1) is 13.0. The Morgan fingerprint density at radius 2 is 2.35 bits per heavy atom. The Labute approximate surface area is 99.0 Å². The maximum Gasteiger partial charge on any atom is 0.354 e. The van der Waals surface area contributed by atoms with Crippen molar-refractivity contribution in [3.8, 4) is 0 Å². The van der Waals surface area contributed by atoms with Gasteiger partial charge in [-0.25, -0.2) is 9.78 Å². The van der Waals surface area contributed by atoms with E-state index < -0.39 is 11.9 Å². The Morgan fingerprint density at radius 3 is 2.88 bits per heavy atom. The molecule has 1 heterocycles. The highest BCUT2D eigenvalue weighted by molar-refractivity contribution is 6.02. The number of hydrogen-bond donors (Lipinski definition) is 2. The molecule has 1 rings (SSSR count). The molecule has 0 bridgehead atoms. The number of rotatable bonds is 6. The second-order valence-corrected chi connectivity index (χ2v) is 3.47. The summed E-state index contributed by atoms with van der Waals surface area (Å²) in [6, 6.07) is 0. The molecule has 17 heavy (non-hydrogen) atoms. The lowest BCUT2D eigenvalue weighted by atomic mass is 10.2. The van der Waals surface area contributed by atoms with E-state index in [0.717, 1.165) is 6.42 Å². The molecule has 2 N–H and O–H groups in total. The minimum atomic E-state index is -1.19. The van der Waals surface area contributed by atoms with Gasteiger partial charge in [0.1, 0.15) is 0 Å². The molecule has 92 valence electrons. The number of imidazole rings is 1. The number of amides is 1. The number of nitrogens with zero attached hydrogens (tertiary/aromatic N) is 2. The number of nitrogens with one attached hydrogen (secondary N) is 1. The van der Waals surface area contributed by atoms with Crippen molar-refractivity contribution < 1.29 is 14.7 Å². The van der Waals surface area contributed by atoms with Crippen molar-refractivity contribution in [2.45, 2.75) is 13.3 Å². The predicted octanol–water partition coefficient (Wildman–Crippen LogP) is 1.15. The highest BCUT2D eigenvalue weighted by Crippen LogP contribution is 2.08. The molecule has 1 aromatic heterocycles. The number of carbonyl (C=O) groups excluding carboxylic acids is 1. The van der Waals surface area contributed by atoms with Gasteiger partial charge in [-0.15, -0.1) is 6.58 Å². The average Bonchev–Trinajstić information content (AvgIpc) is 2.76. The lowest BCUT2D eigenvalue weighted by Crippen LogP contribution is -2.33. The standard InChI is InChI=1S/C11H15N3O3/c1-3-5-14(6-4-2)10(15)8-9(11(16)17)13-7-12-8/h3,7H,1,4-6H2,2H3,(H,12,13)(H,16,17). The van der Waals surface area contributed by atoms with Crippen LogP contribution in [0.5, 0.6) is 0 Å². The first-order valence-electron chi connectivity index (χ1n) is 5.28. The van der Waals surface area contributed by atoms with E-state index in [9.17, 15) is 9.59 Å². The number of carboxylic acids is 1. The molecule has 0 unspecified atom stereocenters. The van der Waals surface area contributed by atoms with Gasteiger partial charge in [-0.3, -0.25) is 4.79 Å². The predicted molar refractivity (Wildman–Crippen MR) is 61.9 cm³/mol. The topological polar surface area (TPSA) is 86.3 Å². The van der Waals surface area contributed by atoms with Crippen LogP contribution in [0, 0.1) is 0 Å². The minimum Gasteiger partial charge on any atom is -0.477 e. The normalized spacial score (nSPS) is 9.94. The second kappa shape index (κ2) is 5.83. The van der Waals surface area contributed by atoms with E-state index in [1.807, 2.05) is 6.92 Å². The van der Waals surface area contributed by atoms with Gasteiger partial charge in [0.25, 0.3) is 5.91 Å². The fourth-order valence-electron chi connectivity index (χ4n) is 1.47. The molecule has 0 fully saturated rings. The molecule has 1 aromatic rings. The van der Waals surface area contributed by atoms with Gasteiger partial charge < -0.3 is 15.0 Å². The average molecular weight is 237 g/mol. The number of H-pyrrole nitrogens is 1. The maximum absolute atomic E-state index is 12.0. The van der Waals surface area contributed by atoms with Gasteiger partial charge in [-0.05, 0) is 6.42 Å². The number of carboxylic acid groups (broad SMARTS) is 1. The van der Waals surface area contributed by atoms with E-state index in [1.165, 1.54) is 11.2 Å². The Bertz CT molecular complexity index is 425. The number of aromatic carboxylic acids is 1. The maximum atomic E-state index is 12.0. The van der Waals surface area contributed by atoms with Gasteiger partial charge in [0.15, 0.2) is 11.4 Å². The van der Waals surface area contributed by atoms with E-state index in [2.05, 4.69) is 16.5 Å². The summed E-state index contributed by atoms with van der Waals surface area (Å²) in [6.07, 6.45) is 3.59. The summed E-state index contributed by atoms with van der Waals surface area (Å²) in [5, 5.41) is 8.88. The van der Waals surface area contributed by atoms with Crippen LogP contribution in [0.3, 0.4) is 0 Å². The van der Waals surface area contributed by atoms with E-state index in [1.54, 1.807) is 6.08 Å². The zero-order chi connectivity index (χ0) is 12.8. The fourth-order valence-corrected chi connectivity index (χ4v) is 1.47. The molecule has 0 saturated carbocycles. The van der Waals surface area contributed by atoms with Crippen LogP contribution in [-0.4, -0.2) is 44.9 Å². The van der Waals surface area contributed by atoms with Crippen LogP contribution < -0.4 is 0 Å². The highest BCUT2D eigenvalue weighted by Gasteiger charge is 2.23. The molecule has 6 nitrogen and oxygen atoms in total. The smallest absolute Gasteiger partial charge is 0.354 e. The van der Waals surface area contributed by atoms with Crippen molar-refractivity contribution >= 4 is 11.9 Å². The third kappa shape index (κ3) is 2.93. The van der Waals surface area contributed by atoms with Gasteiger partial charge in [-0.1, -0.05) is 13.0 Å². The summed E-state index contributed by atoms with van der Waals surface area (Å²) in [4.78, 5) is 30.6. The summed E-state index contributed by atoms with van der Waals surface area (Å²) in [5.41, 5.74) is -0.243. The number of aromatic nitrogens is 2. The largest absolute Gasteiger partial charge is 0.477 e. The lowest BCUT2D eigenvalue weighted by Gasteiger charge is -2.19. The monoisotopic (exact) mass is 237 g/mol. The van der Waals surface area contributed by atoms with Crippen molar-refractivity contribution in [1.82, 2.24) is 14.9 Å². The second-order valence-electron chi connectivity index (χ2n) is 3.47. The summed E-state index contributed by atoms with van der Waals surface area (Å²) in [6.45, 7) is 6.41. The van der Waals surface area contributed by atoms with Crippen molar-refractivity contribution in [2.75, 3.05) is 13.1 Å². The third-order valence-electron chi connectivity index (χ3n) is 2.19. The Morgan fingerprint density at radius 1 is 1.65 bits per heavy atom. The van der Waals surface area contributed by atoms with Crippen LogP contribution in [0.2, 0.25) is 0 Å². The van der Waals surface area contributed by atoms with Crippen molar-refractivity contribution in [2.24, 2.45) is 0 Å². The Kier molecular flexibility index (Phi) is 4.45. The molecule has 1 amide bonds. The molecule has 0 spiro atoms. The molecular formula is C11H15N3O3. The zero-order valence-electron chi connectivity index (χ0n) is 9.64.